The number of amides is 1. The number of halogens is 2. The van der Waals surface area contributed by atoms with Gasteiger partial charge in [0, 0.05) is 18.4 Å². The summed E-state index contributed by atoms with van der Waals surface area (Å²) in [5.41, 5.74) is -0.325. The Bertz CT molecular complexity index is 527. The van der Waals surface area contributed by atoms with Crippen LogP contribution in [0.25, 0.3) is 0 Å². The van der Waals surface area contributed by atoms with Gasteiger partial charge in [0.2, 0.25) is 0 Å². The van der Waals surface area contributed by atoms with Gasteiger partial charge in [0.05, 0.1) is 16.9 Å². The number of carbonyl (C=O) groups excluding carboxylic acids is 1. The van der Waals surface area contributed by atoms with Crippen LogP contribution >= 0.6 is 15.9 Å². The molecule has 116 valence electrons. The van der Waals surface area contributed by atoms with Crippen molar-refractivity contribution in [3.05, 3.63) is 22.7 Å². The molecule has 1 aromatic heterocycles. The first-order valence-corrected chi connectivity index (χ1v) is 7.48. The molecule has 0 aliphatic heterocycles. The third-order valence-corrected chi connectivity index (χ3v) is 3.67. The van der Waals surface area contributed by atoms with E-state index in [1.807, 2.05) is 20.8 Å². The van der Waals surface area contributed by atoms with Crippen LogP contribution in [0.5, 0.6) is 5.75 Å². The zero-order valence-corrected chi connectivity index (χ0v) is 13.7. The van der Waals surface area contributed by atoms with Gasteiger partial charge in [-0.3, -0.25) is 4.98 Å². The molecule has 1 N–H and O–H groups in total. The topological polar surface area (TPSA) is 60.5 Å². The largest absolute Gasteiger partial charge is 0.487 e. The van der Waals surface area contributed by atoms with Crippen molar-refractivity contribution in [2.45, 2.75) is 51.4 Å². The van der Waals surface area contributed by atoms with E-state index in [-0.39, 0.29) is 22.2 Å². The van der Waals surface area contributed by atoms with Gasteiger partial charge in [0.15, 0.2) is 11.6 Å². The third kappa shape index (κ3) is 4.56. The summed E-state index contributed by atoms with van der Waals surface area (Å²) in [7, 11) is 0. The number of hydrogen-bond donors (Lipinski definition) is 1. The van der Waals surface area contributed by atoms with E-state index >= 15 is 0 Å². The maximum Gasteiger partial charge on any atom is 0.407 e. The van der Waals surface area contributed by atoms with Crippen molar-refractivity contribution in [3.8, 4) is 5.75 Å². The van der Waals surface area contributed by atoms with Crippen LogP contribution in [0.15, 0.2) is 16.9 Å². The number of alkyl carbamates (subject to hydrolysis) is 1. The van der Waals surface area contributed by atoms with E-state index in [0.717, 1.165) is 6.20 Å². The predicted molar refractivity (Wildman–Crippen MR) is 78.7 cm³/mol. The SMILES string of the molecule is CC(C)(C)NC(=O)OC1CC(Oc2cncc(F)c2Br)C1. The molecule has 0 bridgehead atoms. The maximum atomic E-state index is 13.3. The van der Waals surface area contributed by atoms with Gasteiger partial charge in [-0.15, -0.1) is 0 Å². The minimum absolute atomic E-state index is 0.0997. The van der Waals surface area contributed by atoms with Gasteiger partial charge in [-0.2, -0.15) is 0 Å². The van der Waals surface area contributed by atoms with Crippen molar-refractivity contribution in [1.82, 2.24) is 10.3 Å². The second-order valence-corrected chi connectivity index (χ2v) is 6.84. The van der Waals surface area contributed by atoms with E-state index in [9.17, 15) is 9.18 Å². The highest BCUT2D eigenvalue weighted by Crippen LogP contribution is 2.33. The first-order valence-electron chi connectivity index (χ1n) is 6.69. The molecular weight excluding hydrogens is 343 g/mol. The highest BCUT2D eigenvalue weighted by Gasteiger charge is 2.35. The molecule has 1 amide bonds. The number of nitrogens with zero attached hydrogens (tertiary/aromatic N) is 1. The van der Waals surface area contributed by atoms with Crippen molar-refractivity contribution in [1.29, 1.82) is 0 Å². The van der Waals surface area contributed by atoms with E-state index in [4.69, 9.17) is 9.47 Å². The molecule has 1 heterocycles. The van der Waals surface area contributed by atoms with E-state index in [1.54, 1.807) is 0 Å². The van der Waals surface area contributed by atoms with E-state index < -0.39 is 11.9 Å². The Hall–Kier alpha value is -1.37. The second kappa shape index (κ2) is 6.17. The van der Waals surface area contributed by atoms with Crippen LogP contribution in [-0.4, -0.2) is 28.8 Å². The van der Waals surface area contributed by atoms with Crippen LogP contribution in [-0.2, 0) is 4.74 Å². The van der Waals surface area contributed by atoms with Crippen molar-refractivity contribution < 1.29 is 18.7 Å². The fourth-order valence-corrected chi connectivity index (χ4v) is 2.16. The standard InChI is InChI=1S/C14H18BrFN2O3/c1-14(2,3)18-13(19)21-9-4-8(5-9)20-11-7-17-6-10(16)12(11)15/h6-9H,4-5H2,1-3H3,(H,18,19). The molecule has 7 heteroatoms. The number of aromatic nitrogens is 1. The van der Waals surface area contributed by atoms with Crippen LogP contribution in [0.3, 0.4) is 0 Å². The van der Waals surface area contributed by atoms with Gasteiger partial charge in [0.1, 0.15) is 12.2 Å². The lowest BCUT2D eigenvalue weighted by atomic mass is 9.92. The van der Waals surface area contributed by atoms with E-state index in [2.05, 4.69) is 26.2 Å². The molecule has 1 fully saturated rings. The lowest BCUT2D eigenvalue weighted by Crippen LogP contribution is -2.46. The monoisotopic (exact) mass is 360 g/mol. The summed E-state index contributed by atoms with van der Waals surface area (Å²) in [6.07, 6.45) is 3.03. The molecule has 0 saturated heterocycles. The van der Waals surface area contributed by atoms with Crippen LogP contribution in [0.4, 0.5) is 9.18 Å². The highest BCUT2D eigenvalue weighted by atomic mass is 79.9. The Morgan fingerprint density at radius 3 is 2.67 bits per heavy atom. The van der Waals surface area contributed by atoms with E-state index in [0.29, 0.717) is 18.6 Å². The Morgan fingerprint density at radius 2 is 2.05 bits per heavy atom. The summed E-state index contributed by atoms with van der Waals surface area (Å²) in [5, 5.41) is 2.73. The maximum absolute atomic E-state index is 13.3. The Labute approximate surface area is 131 Å². The molecule has 0 spiro atoms. The molecule has 2 rings (SSSR count). The number of rotatable bonds is 3. The second-order valence-electron chi connectivity index (χ2n) is 6.05. The molecule has 1 aromatic rings. The quantitative estimate of drug-likeness (QED) is 0.896. The summed E-state index contributed by atoms with van der Waals surface area (Å²) in [4.78, 5) is 15.3. The summed E-state index contributed by atoms with van der Waals surface area (Å²) < 4.78 is 24.4. The zero-order chi connectivity index (χ0) is 15.6. The molecule has 1 saturated carbocycles. The lowest BCUT2D eigenvalue weighted by Gasteiger charge is -2.35. The van der Waals surface area contributed by atoms with Crippen LogP contribution < -0.4 is 10.1 Å². The minimum Gasteiger partial charge on any atom is -0.487 e. The fraction of sp³-hybridized carbons (Fsp3) is 0.571. The molecule has 0 atom stereocenters. The molecule has 0 aromatic carbocycles. The van der Waals surface area contributed by atoms with Gasteiger partial charge >= 0.3 is 6.09 Å². The number of nitrogens with one attached hydrogen (secondary N) is 1. The highest BCUT2D eigenvalue weighted by molar-refractivity contribution is 9.10. The average molecular weight is 361 g/mol. The number of carbonyl (C=O) groups is 1. The molecule has 5 nitrogen and oxygen atoms in total. The normalized spacial score (nSPS) is 21.4. The number of pyridine rings is 1. The molecule has 0 radical (unpaired) electrons. The molecule has 1 aliphatic carbocycles. The minimum atomic E-state index is -0.468. The lowest BCUT2D eigenvalue weighted by molar-refractivity contribution is -0.0248. The van der Waals surface area contributed by atoms with Gasteiger partial charge in [0.25, 0.3) is 0 Å². The fourth-order valence-electron chi connectivity index (χ4n) is 1.86. The first kappa shape index (κ1) is 16.0. The van der Waals surface area contributed by atoms with Gasteiger partial charge in [-0.25, -0.2) is 9.18 Å². The molecular formula is C14H18BrFN2O3. The van der Waals surface area contributed by atoms with Crippen molar-refractivity contribution in [2.24, 2.45) is 0 Å². The molecule has 21 heavy (non-hydrogen) atoms. The summed E-state index contributed by atoms with van der Waals surface area (Å²) in [6.45, 7) is 5.65. The number of hydrogen-bond acceptors (Lipinski definition) is 4. The van der Waals surface area contributed by atoms with Gasteiger partial charge in [-0.1, -0.05) is 0 Å². The number of ether oxygens (including phenoxy) is 2. The third-order valence-electron chi connectivity index (χ3n) is 2.90. The van der Waals surface area contributed by atoms with Crippen molar-refractivity contribution in [3.63, 3.8) is 0 Å². The van der Waals surface area contributed by atoms with E-state index in [1.165, 1.54) is 6.20 Å². The Kier molecular flexibility index (Phi) is 4.70. The summed E-state index contributed by atoms with van der Waals surface area (Å²) >= 11 is 3.12. The Morgan fingerprint density at radius 1 is 1.38 bits per heavy atom. The molecule has 0 unspecified atom stereocenters. The zero-order valence-electron chi connectivity index (χ0n) is 12.2. The molecule has 1 aliphatic rings. The van der Waals surface area contributed by atoms with Crippen molar-refractivity contribution >= 4 is 22.0 Å². The van der Waals surface area contributed by atoms with Crippen molar-refractivity contribution in [2.75, 3.05) is 0 Å². The first-order chi connectivity index (χ1) is 9.74. The van der Waals surface area contributed by atoms with Crippen LogP contribution in [0.2, 0.25) is 0 Å². The average Bonchev–Trinajstić information content (AvgIpc) is 2.29. The van der Waals surface area contributed by atoms with Gasteiger partial charge < -0.3 is 14.8 Å². The summed E-state index contributed by atoms with van der Waals surface area (Å²) in [5.74, 6) is -0.109. The van der Waals surface area contributed by atoms with Crippen LogP contribution in [0, 0.1) is 5.82 Å². The van der Waals surface area contributed by atoms with Crippen LogP contribution in [0.1, 0.15) is 33.6 Å². The smallest absolute Gasteiger partial charge is 0.407 e. The van der Waals surface area contributed by atoms with Gasteiger partial charge in [-0.05, 0) is 36.7 Å². The Balaban J connectivity index is 1.77. The summed E-state index contributed by atoms with van der Waals surface area (Å²) in [6, 6.07) is 0. The predicted octanol–water partition coefficient (Wildman–Crippen LogP) is 3.42.